The van der Waals surface area contributed by atoms with Crippen molar-refractivity contribution in [3.8, 4) is 33.4 Å². The second-order valence-corrected chi connectivity index (χ2v) is 15.0. The Bertz CT molecular complexity index is 3120. The van der Waals surface area contributed by atoms with Crippen LogP contribution in [0.2, 0.25) is 0 Å². The van der Waals surface area contributed by atoms with Gasteiger partial charge in [0.1, 0.15) is 0 Å². The van der Waals surface area contributed by atoms with Crippen LogP contribution >= 0.6 is 0 Å². The van der Waals surface area contributed by atoms with Gasteiger partial charge in [0.15, 0.2) is 0 Å². The van der Waals surface area contributed by atoms with E-state index in [2.05, 4.69) is 149 Å². The van der Waals surface area contributed by atoms with Gasteiger partial charge in [0.25, 0.3) is 0 Å². The van der Waals surface area contributed by atoms with Gasteiger partial charge in [-0.3, -0.25) is 24.9 Å². The van der Waals surface area contributed by atoms with Crippen LogP contribution in [-0.4, -0.2) is 32.9 Å². The Hall–Kier alpha value is -7.83. The number of fused-ring (bicyclic) bond motifs is 4. The van der Waals surface area contributed by atoms with Crippen LogP contribution in [0.3, 0.4) is 0 Å². The molecule has 2 aliphatic rings. The molecule has 1 unspecified atom stereocenters. The molecule has 3 aromatic heterocycles. The summed E-state index contributed by atoms with van der Waals surface area (Å²) in [5.74, 6) is 0. The minimum absolute atomic E-state index is 0.00662. The Morgan fingerprint density at radius 1 is 0.610 bits per heavy atom. The van der Waals surface area contributed by atoms with E-state index in [9.17, 15) is 0 Å². The largest absolute Gasteiger partial charge is 0.398 e. The fraction of sp³-hybridized carbons (Fsp3) is 0.0377. The van der Waals surface area contributed by atoms with E-state index in [1.165, 1.54) is 5.57 Å². The summed E-state index contributed by atoms with van der Waals surface area (Å²) in [5, 5.41) is 3.22. The molecule has 59 heavy (non-hydrogen) atoms. The van der Waals surface area contributed by atoms with Gasteiger partial charge in [-0.15, -0.1) is 0 Å². The number of nitrogens with two attached hydrogens (primary N) is 1. The highest BCUT2D eigenvalue weighted by molar-refractivity contribution is 6.14. The number of aromatic nitrogens is 3. The van der Waals surface area contributed by atoms with Crippen molar-refractivity contribution in [3.63, 3.8) is 0 Å². The SMILES string of the molecule is C=C(C)N=C(/C=C(\N)c1cc(-c2ccc3ncccc3c2)cc(-c2ccc3ncccc3c2)c1)c1cc(C2=CC3N=CC=CC3=C2)cc(-c2ccc3ncccc3c2)c1. The first-order valence-corrected chi connectivity index (χ1v) is 19.6. The lowest BCUT2D eigenvalue weighted by Crippen LogP contribution is -2.06. The molecular weight excluding hydrogens is 721 g/mol. The number of hydrogen-bond donors (Lipinski definition) is 1. The molecule has 0 radical (unpaired) electrons. The highest BCUT2D eigenvalue weighted by atomic mass is 14.8. The minimum atomic E-state index is 0.00662. The number of nitrogens with zero attached hydrogens (tertiary/aromatic N) is 5. The van der Waals surface area contributed by atoms with Crippen molar-refractivity contribution >= 4 is 55.9 Å². The fourth-order valence-electron chi connectivity index (χ4n) is 7.95. The van der Waals surface area contributed by atoms with Gasteiger partial charge in [0, 0.05) is 57.9 Å². The Morgan fingerprint density at radius 2 is 1.12 bits per heavy atom. The van der Waals surface area contributed by atoms with Gasteiger partial charge in [-0.1, -0.05) is 49.1 Å². The highest BCUT2D eigenvalue weighted by Gasteiger charge is 2.20. The van der Waals surface area contributed by atoms with Crippen LogP contribution in [0.15, 0.2) is 204 Å². The van der Waals surface area contributed by atoms with Crippen LogP contribution in [-0.2, 0) is 0 Å². The molecule has 1 aliphatic heterocycles. The van der Waals surface area contributed by atoms with E-state index in [-0.39, 0.29) is 6.04 Å². The second kappa shape index (κ2) is 14.9. The quantitative estimate of drug-likeness (QED) is 0.156. The molecule has 0 saturated carbocycles. The van der Waals surface area contributed by atoms with Crippen LogP contribution in [0.25, 0.3) is 77.4 Å². The number of dihydropyridines is 1. The summed E-state index contributed by atoms with van der Waals surface area (Å²) >= 11 is 0. The summed E-state index contributed by atoms with van der Waals surface area (Å²) in [5.41, 5.74) is 23.5. The van der Waals surface area contributed by atoms with Gasteiger partial charge in [-0.2, -0.15) is 0 Å². The molecule has 0 fully saturated rings. The van der Waals surface area contributed by atoms with Crippen molar-refractivity contribution in [2.75, 3.05) is 0 Å². The van der Waals surface area contributed by atoms with E-state index < -0.39 is 0 Å². The Labute approximate surface area is 342 Å². The van der Waals surface area contributed by atoms with Gasteiger partial charge in [-0.25, -0.2) is 0 Å². The third kappa shape index (κ3) is 7.20. The van der Waals surface area contributed by atoms with Crippen molar-refractivity contribution in [1.29, 1.82) is 0 Å². The minimum Gasteiger partial charge on any atom is -0.398 e. The zero-order chi connectivity index (χ0) is 39.9. The number of rotatable bonds is 8. The van der Waals surface area contributed by atoms with Gasteiger partial charge in [0.2, 0.25) is 0 Å². The molecule has 6 nitrogen and oxygen atoms in total. The first-order valence-electron chi connectivity index (χ1n) is 19.6. The van der Waals surface area contributed by atoms with E-state index in [0.717, 1.165) is 88.4 Å². The van der Waals surface area contributed by atoms with Crippen LogP contribution in [0.5, 0.6) is 0 Å². The summed E-state index contributed by atoms with van der Waals surface area (Å²) in [6, 6.07) is 44.5. The molecule has 6 heteroatoms. The maximum Gasteiger partial charge on any atom is 0.0939 e. The lowest BCUT2D eigenvalue weighted by Gasteiger charge is -2.14. The van der Waals surface area contributed by atoms with Gasteiger partial charge in [-0.05, 0) is 178 Å². The van der Waals surface area contributed by atoms with Crippen LogP contribution in [0, 0.1) is 0 Å². The average Bonchev–Trinajstić information content (AvgIpc) is 3.73. The average molecular weight is 759 g/mol. The van der Waals surface area contributed by atoms with Gasteiger partial charge in [0.05, 0.1) is 28.3 Å². The molecule has 0 amide bonds. The molecule has 0 bridgehead atoms. The molecule has 280 valence electrons. The van der Waals surface area contributed by atoms with Crippen molar-refractivity contribution in [3.05, 3.63) is 211 Å². The van der Waals surface area contributed by atoms with Crippen LogP contribution in [0.4, 0.5) is 0 Å². The normalized spacial score (nSPS) is 15.1. The lowest BCUT2D eigenvalue weighted by atomic mass is 9.92. The molecule has 5 aromatic carbocycles. The predicted molar refractivity (Wildman–Crippen MR) is 246 cm³/mol. The summed E-state index contributed by atoms with van der Waals surface area (Å²) < 4.78 is 0. The smallest absolute Gasteiger partial charge is 0.0939 e. The van der Waals surface area contributed by atoms with Gasteiger partial charge < -0.3 is 5.73 Å². The first-order chi connectivity index (χ1) is 28.9. The van der Waals surface area contributed by atoms with E-state index in [1.807, 2.05) is 62.1 Å². The maximum atomic E-state index is 7.21. The van der Waals surface area contributed by atoms with Gasteiger partial charge >= 0.3 is 0 Å². The molecule has 1 atom stereocenters. The molecular formula is C53H38N6. The zero-order valence-electron chi connectivity index (χ0n) is 32.4. The van der Waals surface area contributed by atoms with E-state index in [0.29, 0.717) is 17.1 Å². The van der Waals surface area contributed by atoms with E-state index in [4.69, 9.17) is 15.7 Å². The first kappa shape index (κ1) is 35.6. The van der Waals surface area contributed by atoms with Crippen molar-refractivity contribution in [2.45, 2.75) is 13.0 Å². The maximum absolute atomic E-state index is 7.21. The van der Waals surface area contributed by atoms with Crippen molar-refractivity contribution < 1.29 is 0 Å². The number of benzene rings is 5. The van der Waals surface area contributed by atoms with Crippen molar-refractivity contribution in [2.24, 2.45) is 15.7 Å². The predicted octanol–water partition coefficient (Wildman–Crippen LogP) is 12.0. The molecule has 10 rings (SSSR count). The topological polar surface area (TPSA) is 89.4 Å². The Morgan fingerprint density at radius 3 is 1.64 bits per heavy atom. The number of hydrogen-bond acceptors (Lipinski definition) is 6. The lowest BCUT2D eigenvalue weighted by molar-refractivity contribution is 0.999. The summed E-state index contributed by atoms with van der Waals surface area (Å²) in [4.78, 5) is 23.4. The third-order valence-corrected chi connectivity index (χ3v) is 10.9. The number of pyridine rings is 3. The number of allylic oxidation sites excluding steroid dienone is 5. The fourth-order valence-corrected chi connectivity index (χ4v) is 7.95. The summed E-state index contributed by atoms with van der Waals surface area (Å²) in [7, 11) is 0. The van der Waals surface area contributed by atoms with E-state index >= 15 is 0 Å². The molecule has 0 saturated heterocycles. The Kier molecular flexibility index (Phi) is 9.00. The second-order valence-electron chi connectivity index (χ2n) is 15.0. The molecule has 1 aliphatic carbocycles. The van der Waals surface area contributed by atoms with Crippen LogP contribution in [0.1, 0.15) is 23.6 Å². The Balaban J connectivity index is 1.13. The third-order valence-electron chi connectivity index (χ3n) is 10.9. The van der Waals surface area contributed by atoms with Crippen LogP contribution < -0.4 is 5.73 Å². The molecule has 8 aromatic rings. The molecule has 2 N–H and O–H groups in total. The number of aliphatic imine (C=N–C) groups is 2. The monoisotopic (exact) mass is 758 g/mol. The molecule has 4 heterocycles. The zero-order valence-corrected chi connectivity index (χ0v) is 32.4. The van der Waals surface area contributed by atoms with Crippen molar-refractivity contribution in [1.82, 2.24) is 15.0 Å². The highest BCUT2D eigenvalue weighted by Crippen LogP contribution is 2.36. The summed E-state index contributed by atoms with van der Waals surface area (Å²) in [6.07, 6.45) is 17.9. The van der Waals surface area contributed by atoms with E-state index in [1.54, 1.807) is 0 Å². The molecule has 0 spiro atoms. The standard InChI is InChI=1S/C53H38N6/c1-33(2)59-53(47-29-43(36-13-16-51-39(23-36)9-5-19-57-51)26-44(30-47)45-24-40-10-6-20-58-52(40)31-45)32-48(54)46-27-41(34-11-14-49-37(21-34)7-3-17-55-49)25-42(28-46)35-12-15-50-38(22-35)8-4-18-56-50/h3-32,52H,1,54H2,2H3/b48-32-,59-53?. The summed E-state index contributed by atoms with van der Waals surface area (Å²) in [6.45, 7) is 6.11.